The molecule has 0 radical (unpaired) electrons. The van der Waals surface area contributed by atoms with Crippen molar-refractivity contribution in [3.05, 3.63) is 0 Å². The van der Waals surface area contributed by atoms with E-state index in [4.69, 9.17) is 4.74 Å². The highest BCUT2D eigenvalue weighted by Crippen LogP contribution is 2.25. The Balaban J connectivity index is 1.71. The Morgan fingerprint density at radius 2 is 1.68 bits per heavy atom. The van der Waals surface area contributed by atoms with Crippen LogP contribution in [0, 0.1) is 5.92 Å². The molecule has 2 fully saturated rings. The van der Waals surface area contributed by atoms with Crippen LogP contribution in [0.2, 0.25) is 0 Å². The molecule has 0 aromatic rings. The van der Waals surface area contributed by atoms with Gasteiger partial charge >= 0.3 is 6.09 Å². The summed E-state index contributed by atoms with van der Waals surface area (Å²) >= 11 is 0. The number of nitrogens with zero attached hydrogens (tertiary/aromatic N) is 2. The van der Waals surface area contributed by atoms with E-state index in [-0.39, 0.29) is 6.09 Å². The van der Waals surface area contributed by atoms with Gasteiger partial charge in [-0.15, -0.1) is 0 Å². The van der Waals surface area contributed by atoms with E-state index >= 15 is 0 Å². The quantitative estimate of drug-likeness (QED) is 0.772. The molecule has 0 N–H and O–H groups in total. The number of hydrogen-bond donors (Lipinski definition) is 0. The number of ether oxygens (including phenoxy) is 1. The zero-order valence-corrected chi connectivity index (χ0v) is 12.7. The third-order valence-electron chi connectivity index (χ3n) is 4.02. The standard InChI is InChI=1S/C15H28N2O2/c1-15(2,3)19-14(18)17-10-8-16(9-11-17)12-13-6-4-5-7-13/h13H,4-12H2,1-3H3. The molecule has 0 aromatic carbocycles. The molecule has 0 spiro atoms. The molecule has 1 heterocycles. The fraction of sp³-hybridized carbons (Fsp3) is 0.933. The van der Waals surface area contributed by atoms with Gasteiger partial charge in [0.05, 0.1) is 0 Å². The smallest absolute Gasteiger partial charge is 0.410 e. The van der Waals surface area contributed by atoms with Gasteiger partial charge in [-0.05, 0) is 39.5 Å². The number of carbonyl (C=O) groups is 1. The van der Waals surface area contributed by atoms with Crippen LogP contribution in [0.15, 0.2) is 0 Å². The lowest BCUT2D eigenvalue weighted by atomic mass is 10.1. The van der Waals surface area contributed by atoms with E-state index in [2.05, 4.69) is 4.90 Å². The average molecular weight is 268 g/mol. The summed E-state index contributed by atoms with van der Waals surface area (Å²) in [5.41, 5.74) is -0.391. The molecule has 1 saturated heterocycles. The fourth-order valence-corrected chi connectivity index (χ4v) is 3.00. The highest BCUT2D eigenvalue weighted by Gasteiger charge is 2.27. The summed E-state index contributed by atoms with van der Waals surface area (Å²) in [6.07, 6.45) is 5.44. The molecule has 0 unspecified atom stereocenters. The summed E-state index contributed by atoms with van der Waals surface area (Å²) in [5.74, 6) is 0.896. The summed E-state index contributed by atoms with van der Waals surface area (Å²) in [6.45, 7) is 10.6. The highest BCUT2D eigenvalue weighted by atomic mass is 16.6. The number of carbonyl (C=O) groups excluding carboxylic acids is 1. The van der Waals surface area contributed by atoms with Crippen molar-refractivity contribution in [2.24, 2.45) is 5.92 Å². The molecule has 19 heavy (non-hydrogen) atoms. The second kappa shape index (κ2) is 6.12. The molecule has 0 atom stereocenters. The normalized spacial score (nSPS) is 22.8. The second-order valence-corrected chi connectivity index (χ2v) is 6.92. The third-order valence-corrected chi connectivity index (χ3v) is 4.02. The van der Waals surface area contributed by atoms with Crippen LogP contribution < -0.4 is 0 Å². The van der Waals surface area contributed by atoms with Gasteiger partial charge in [0.15, 0.2) is 0 Å². The first-order valence-electron chi connectivity index (χ1n) is 7.64. The Morgan fingerprint density at radius 1 is 1.11 bits per heavy atom. The summed E-state index contributed by atoms with van der Waals surface area (Å²) in [7, 11) is 0. The average Bonchev–Trinajstić information content (AvgIpc) is 2.80. The third kappa shape index (κ3) is 4.68. The second-order valence-electron chi connectivity index (χ2n) is 6.92. The summed E-state index contributed by atoms with van der Waals surface area (Å²) in [6, 6.07) is 0. The van der Waals surface area contributed by atoms with Crippen molar-refractivity contribution >= 4 is 6.09 Å². The Labute approximate surface area is 117 Å². The minimum atomic E-state index is -0.391. The molecule has 4 heteroatoms. The van der Waals surface area contributed by atoms with E-state index < -0.39 is 5.60 Å². The van der Waals surface area contributed by atoms with E-state index in [1.54, 1.807) is 0 Å². The number of amides is 1. The van der Waals surface area contributed by atoms with Gasteiger partial charge in [0.2, 0.25) is 0 Å². The van der Waals surface area contributed by atoms with Gasteiger partial charge in [0, 0.05) is 32.7 Å². The van der Waals surface area contributed by atoms with Crippen LogP contribution in [0.1, 0.15) is 46.5 Å². The first-order chi connectivity index (χ1) is 8.94. The summed E-state index contributed by atoms with van der Waals surface area (Å²) in [4.78, 5) is 16.3. The molecule has 1 amide bonds. The van der Waals surface area contributed by atoms with Crippen LogP contribution in [0.4, 0.5) is 4.79 Å². The Hall–Kier alpha value is -0.770. The maximum Gasteiger partial charge on any atom is 0.410 e. The number of piperazine rings is 1. The topological polar surface area (TPSA) is 32.8 Å². The maximum atomic E-state index is 12.0. The minimum Gasteiger partial charge on any atom is -0.444 e. The van der Waals surface area contributed by atoms with Crippen LogP contribution in [-0.4, -0.2) is 54.2 Å². The molecule has 1 aliphatic heterocycles. The molecule has 4 nitrogen and oxygen atoms in total. The van der Waals surface area contributed by atoms with Crippen molar-refractivity contribution in [1.82, 2.24) is 9.80 Å². The van der Waals surface area contributed by atoms with Crippen molar-refractivity contribution in [1.29, 1.82) is 0 Å². The summed E-state index contributed by atoms with van der Waals surface area (Å²) < 4.78 is 5.41. The predicted molar refractivity (Wildman–Crippen MR) is 76.2 cm³/mol. The van der Waals surface area contributed by atoms with Crippen LogP contribution in [0.25, 0.3) is 0 Å². The zero-order chi connectivity index (χ0) is 13.9. The van der Waals surface area contributed by atoms with Crippen molar-refractivity contribution in [2.45, 2.75) is 52.1 Å². The molecule has 0 bridgehead atoms. The molecule has 2 rings (SSSR count). The van der Waals surface area contributed by atoms with E-state index in [0.29, 0.717) is 0 Å². The van der Waals surface area contributed by atoms with Crippen molar-refractivity contribution in [3.8, 4) is 0 Å². The largest absolute Gasteiger partial charge is 0.444 e. The van der Waals surface area contributed by atoms with Gasteiger partial charge in [0.25, 0.3) is 0 Å². The Kier molecular flexibility index (Phi) is 4.71. The number of rotatable bonds is 2. The van der Waals surface area contributed by atoms with E-state index in [1.165, 1.54) is 32.2 Å². The van der Waals surface area contributed by atoms with Gasteiger partial charge in [-0.1, -0.05) is 12.8 Å². The van der Waals surface area contributed by atoms with Crippen LogP contribution in [0.3, 0.4) is 0 Å². The lowest BCUT2D eigenvalue weighted by Gasteiger charge is -2.36. The molecule has 1 aliphatic carbocycles. The molecular formula is C15H28N2O2. The van der Waals surface area contributed by atoms with Gasteiger partial charge in [0.1, 0.15) is 5.60 Å². The highest BCUT2D eigenvalue weighted by molar-refractivity contribution is 5.68. The van der Waals surface area contributed by atoms with Crippen LogP contribution >= 0.6 is 0 Å². The monoisotopic (exact) mass is 268 g/mol. The molecule has 2 aliphatic rings. The van der Waals surface area contributed by atoms with Gasteiger partial charge in [-0.3, -0.25) is 4.90 Å². The molecule has 1 saturated carbocycles. The van der Waals surface area contributed by atoms with Crippen molar-refractivity contribution in [3.63, 3.8) is 0 Å². The minimum absolute atomic E-state index is 0.159. The van der Waals surface area contributed by atoms with Crippen LogP contribution in [-0.2, 0) is 4.74 Å². The first-order valence-corrected chi connectivity index (χ1v) is 7.64. The van der Waals surface area contributed by atoms with Gasteiger partial charge in [-0.2, -0.15) is 0 Å². The van der Waals surface area contributed by atoms with Gasteiger partial charge in [-0.25, -0.2) is 4.79 Å². The zero-order valence-electron chi connectivity index (χ0n) is 12.7. The lowest BCUT2D eigenvalue weighted by Crippen LogP contribution is -2.50. The Morgan fingerprint density at radius 3 is 2.21 bits per heavy atom. The maximum absolute atomic E-state index is 12.0. The Bertz CT molecular complexity index is 298. The van der Waals surface area contributed by atoms with Gasteiger partial charge < -0.3 is 9.64 Å². The molecule has 0 aromatic heterocycles. The SMILES string of the molecule is CC(C)(C)OC(=O)N1CCN(CC2CCCC2)CC1. The lowest BCUT2D eigenvalue weighted by molar-refractivity contribution is 0.0134. The molecule has 110 valence electrons. The fourth-order valence-electron chi connectivity index (χ4n) is 3.00. The predicted octanol–water partition coefficient (Wildman–Crippen LogP) is 2.73. The first kappa shape index (κ1) is 14.6. The van der Waals surface area contributed by atoms with Crippen LogP contribution in [0.5, 0.6) is 0 Å². The summed E-state index contributed by atoms with van der Waals surface area (Å²) in [5, 5.41) is 0. The van der Waals surface area contributed by atoms with E-state index in [0.717, 1.165) is 32.1 Å². The van der Waals surface area contributed by atoms with Crippen molar-refractivity contribution in [2.75, 3.05) is 32.7 Å². The number of hydrogen-bond acceptors (Lipinski definition) is 3. The van der Waals surface area contributed by atoms with Crippen molar-refractivity contribution < 1.29 is 9.53 Å². The van der Waals surface area contributed by atoms with E-state index in [9.17, 15) is 4.79 Å². The van der Waals surface area contributed by atoms with E-state index in [1.807, 2.05) is 25.7 Å². The molecular weight excluding hydrogens is 240 g/mol.